The zero-order chi connectivity index (χ0) is 18.1. The van der Waals surface area contributed by atoms with E-state index in [1.165, 1.54) is 11.1 Å². The van der Waals surface area contributed by atoms with Gasteiger partial charge in [-0.3, -0.25) is 4.90 Å². The topological polar surface area (TPSA) is 75.1 Å². The summed E-state index contributed by atoms with van der Waals surface area (Å²) in [6, 6.07) is 14.2. The minimum Gasteiger partial charge on any atom is -0.336 e. The summed E-state index contributed by atoms with van der Waals surface area (Å²) in [5.74, 6) is 0. The van der Waals surface area contributed by atoms with E-state index >= 15 is 0 Å². The van der Waals surface area contributed by atoms with Crippen molar-refractivity contribution in [2.24, 2.45) is 7.05 Å². The number of carbonyl (C=O) groups excluding carboxylic acids is 1. The van der Waals surface area contributed by atoms with Gasteiger partial charge in [0.2, 0.25) is 0 Å². The Bertz CT molecular complexity index is 950. The van der Waals surface area contributed by atoms with Gasteiger partial charge < -0.3 is 10.6 Å². The number of fused-ring (bicyclic) bond motifs is 2. The second-order valence-electron chi connectivity index (χ2n) is 6.79. The fourth-order valence-corrected chi connectivity index (χ4v) is 3.45. The molecular formula is C19H22N6O. The molecule has 0 saturated carbocycles. The van der Waals surface area contributed by atoms with Crippen molar-refractivity contribution >= 4 is 22.8 Å². The Morgan fingerprint density at radius 2 is 2.00 bits per heavy atom. The number of hydrogen-bond acceptors (Lipinski definition) is 4. The first kappa shape index (κ1) is 16.5. The molecule has 0 saturated heterocycles. The molecule has 4 rings (SSSR count). The lowest BCUT2D eigenvalue weighted by atomic mass is 9.94. The second kappa shape index (κ2) is 6.76. The van der Waals surface area contributed by atoms with Crippen LogP contribution in [0.25, 0.3) is 11.0 Å². The van der Waals surface area contributed by atoms with Gasteiger partial charge in [-0.05, 0) is 42.8 Å². The van der Waals surface area contributed by atoms with Crippen molar-refractivity contribution in [2.45, 2.75) is 19.0 Å². The van der Waals surface area contributed by atoms with Crippen molar-refractivity contribution < 1.29 is 4.79 Å². The van der Waals surface area contributed by atoms with Gasteiger partial charge >= 0.3 is 6.03 Å². The maximum Gasteiger partial charge on any atom is 0.319 e. The fourth-order valence-electron chi connectivity index (χ4n) is 3.45. The molecule has 1 atom stereocenters. The van der Waals surface area contributed by atoms with E-state index < -0.39 is 0 Å². The highest BCUT2D eigenvalue weighted by atomic mass is 16.2. The number of benzene rings is 2. The van der Waals surface area contributed by atoms with Gasteiger partial charge in [0.15, 0.2) is 0 Å². The van der Waals surface area contributed by atoms with Gasteiger partial charge in [-0.25, -0.2) is 9.48 Å². The van der Waals surface area contributed by atoms with E-state index in [9.17, 15) is 4.79 Å². The zero-order valence-electron chi connectivity index (χ0n) is 14.9. The number of hydrogen-bond donors (Lipinski definition) is 2. The number of aryl methyl sites for hydroxylation is 1. The third-order valence-corrected chi connectivity index (χ3v) is 4.98. The van der Waals surface area contributed by atoms with Crippen LogP contribution in [0.5, 0.6) is 0 Å². The Morgan fingerprint density at radius 1 is 1.19 bits per heavy atom. The van der Waals surface area contributed by atoms with Gasteiger partial charge in [0, 0.05) is 31.9 Å². The molecule has 1 aliphatic heterocycles. The third-order valence-electron chi connectivity index (χ3n) is 4.98. The van der Waals surface area contributed by atoms with Crippen molar-refractivity contribution in [3.63, 3.8) is 0 Å². The van der Waals surface area contributed by atoms with Crippen LogP contribution in [0.3, 0.4) is 0 Å². The highest BCUT2D eigenvalue weighted by molar-refractivity contribution is 5.91. The van der Waals surface area contributed by atoms with E-state index in [1.54, 1.807) is 4.68 Å². The highest BCUT2D eigenvalue weighted by Gasteiger charge is 2.23. The summed E-state index contributed by atoms with van der Waals surface area (Å²) in [4.78, 5) is 14.6. The summed E-state index contributed by atoms with van der Waals surface area (Å²) in [6.45, 7) is 1.51. The monoisotopic (exact) mass is 350 g/mol. The number of nitrogens with one attached hydrogen (secondary N) is 2. The van der Waals surface area contributed by atoms with Crippen LogP contribution >= 0.6 is 0 Å². The summed E-state index contributed by atoms with van der Waals surface area (Å²) in [7, 11) is 3.94. The highest BCUT2D eigenvalue weighted by Crippen LogP contribution is 2.21. The Balaban J connectivity index is 1.36. The summed E-state index contributed by atoms with van der Waals surface area (Å²) in [5.41, 5.74) is 5.13. The van der Waals surface area contributed by atoms with Crippen LogP contribution in [0.15, 0.2) is 42.5 Å². The van der Waals surface area contributed by atoms with Gasteiger partial charge in [0.05, 0.1) is 5.52 Å². The molecule has 2 amide bonds. The van der Waals surface area contributed by atoms with Crippen LogP contribution < -0.4 is 10.6 Å². The molecule has 26 heavy (non-hydrogen) atoms. The van der Waals surface area contributed by atoms with E-state index in [4.69, 9.17) is 0 Å². The minimum absolute atomic E-state index is 0.208. The zero-order valence-corrected chi connectivity index (χ0v) is 14.9. The first-order valence-electron chi connectivity index (χ1n) is 8.71. The predicted octanol–water partition coefficient (Wildman–Crippen LogP) is 2.15. The Hall–Kier alpha value is -2.93. The summed E-state index contributed by atoms with van der Waals surface area (Å²) in [6.07, 6.45) is 0.943. The lowest BCUT2D eigenvalue weighted by Gasteiger charge is -2.34. The van der Waals surface area contributed by atoms with E-state index in [0.29, 0.717) is 12.2 Å². The number of urea groups is 1. The van der Waals surface area contributed by atoms with Crippen molar-refractivity contribution in [3.8, 4) is 0 Å². The molecule has 3 aromatic rings. The van der Waals surface area contributed by atoms with Gasteiger partial charge in [0.1, 0.15) is 5.52 Å². The van der Waals surface area contributed by atoms with Gasteiger partial charge in [0.25, 0.3) is 0 Å². The van der Waals surface area contributed by atoms with Crippen molar-refractivity contribution in [3.05, 3.63) is 53.6 Å². The molecule has 0 spiro atoms. The van der Waals surface area contributed by atoms with Crippen LogP contribution in [0.4, 0.5) is 10.5 Å². The van der Waals surface area contributed by atoms with Crippen LogP contribution in [0, 0.1) is 0 Å². The van der Waals surface area contributed by atoms with Crippen molar-refractivity contribution in [1.29, 1.82) is 0 Å². The molecule has 2 heterocycles. The van der Waals surface area contributed by atoms with Gasteiger partial charge in [-0.15, -0.1) is 5.10 Å². The molecule has 1 aromatic heterocycles. The average molecular weight is 350 g/mol. The smallest absolute Gasteiger partial charge is 0.319 e. The molecular weight excluding hydrogens is 328 g/mol. The lowest BCUT2D eigenvalue weighted by molar-refractivity contribution is 0.207. The molecule has 0 radical (unpaired) electrons. The molecule has 0 fully saturated rings. The van der Waals surface area contributed by atoms with E-state index in [1.807, 2.05) is 25.2 Å². The van der Waals surface area contributed by atoms with Crippen molar-refractivity contribution in [2.75, 3.05) is 18.9 Å². The quantitative estimate of drug-likeness (QED) is 0.759. The molecule has 2 aromatic carbocycles. The number of rotatable bonds is 3. The van der Waals surface area contributed by atoms with Gasteiger partial charge in [-0.1, -0.05) is 29.5 Å². The largest absolute Gasteiger partial charge is 0.336 e. The molecule has 7 nitrogen and oxygen atoms in total. The Kier molecular flexibility index (Phi) is 4.30. The maximum absolute atomic E-state index is 12.3. The summed E-state index contributed by atoms with van der Waals surface area (Å²) < 4.78 is 1.70. The number of carbonyl (C=O) groups is 1. The summed E-state index contributed by atoms with van der Waals surface area (Å²) in [5, 5.41) is 13.9. The molecule has 0 unspecified atom stereocenters. The first-order chi connectivity index (χ1) is 12.6. The molecule has 7 heteroatoms. The van der Waals surface area contributed by atoms with Crippen LogP contribution in [0.1, 0.15) is 11.1 Å². The molecule has 134 valence electrons. The number of nitrogens with zero attached hydrogens (tertiary/aromatic N) is 4. The van der Waals surface area contributed by atoms with Crippen molar-refractivity contribution in [1.82, 2.24) is 25.2 Å². The number of amides is 2. The maximum atomic E-state index is 12.3. The fraction of sp³-hybridized carbons (Fsp3) is 0.316. The van der Waals surface area contributed by atoms with E-state index in [2.05, 4.69) is 57.2 Å². The Labute approximate surface area is 152 Å². The van der Waals surface area contributed by atoms with Crippen LogP contribution in [-0.4, -0.2) is 45.6 Å². The van der Waals surface area contributed by atoms with Crippen LogP contribution in [-0.2, 0) is 20.0 Å². The average Bonchev–Trinajstić information content (AvgIpc) is 3.00. The normalized spacial score (nSPS) is 17.1. The number of likely N-dealkylation sites (N-methyl/N-ethyl adjacent to an activating group) is 1. The Morgan fingerprint density at radius 3 is 2.85 bits per heavy atom. The molecule has 0 aliphatic carbocycles. The first-order valence-corrected chi connectivity index (χ1v) is 8.71. The van der Waals surface area contributed by atoms with Crippen LogP contribution in [0.2, 0.25) is 0 Å². The predicted molar refractivity (Wildman–Crippen MR) is 101 cm³/mol. The molecule has 0 bridgehead atoms. The van der Waals surface area contributed by atoms with E-state index in [-0.39, 0.29) is 12.1 Å². The SMILES string of the molecule is CN1Cc2ccccc2C[C@H]1CNC(=O)Nc1ccc2c(c1)nnn2C. The number of aromatic nitrogens is 3. The van der Waals surface area contributed by atoms with Gasteiger partial charge in [-0.2, -0.15) is 0 Å². The summed E-state index contributed by atoms with van der Waals surface area (Å²) >= 11 is 0. The second-order valence-corrected chi connectivity index (χ2v) is 6.79. The molecule has 2 N–H and O–H groups in total. The third kappa shape index (κ3) is 3.25. The number of anilines is 1. The minimum atomic E-state index is -0.208. The molecule has 1 aliphatic rings. The lowest BCUT2D eigenvalue weighted by Crippen LogP contribution is -2.46. The standard InChI is InChI=1S/C19H22N6O/c1-24-12-14-6-4-3-5-13(14)9-16(24)11-20-19(26)21-15-7-8-18-17(10-15)22-23-25(18)2/h3-8,10,16H,9,11-12H2,1-2H3,(H2,20,21,26)/t16-/m0/s1. The van der Waals surface area contributed by atoms with E-state index in [0.717, 1.165) is 24.0 Å².